The van der Waals surface area contributed by atoms with E-state index in [9.17, 15) is 13.5 Å². The van der Waals surface area contributed by atoms with Crippen LogP contribution >= 0.6 is 11.6 Å². The fourth-order valence-electron chi connectivity index (χ4n) is 6.28. The smallest absolute Gasteiger partial charge is 0.232 e. The molecule has 2 aliphatic rings. The van der Waals surface area contributed by atoms with Gasteiger partial charge < -0.3 is 20.5 Å². The monoisotopic (exact) mass is 643 g/mol. The molecule has 11 nitrogen and oxygen atoms in total. The summed E-state index contributed by atoms with van der Waals surface area (Å²) >= 11 is 6.49. The zero-order valence-corrected chi connectivity index (χ0v) is 27.2. The van der Waals surface area contributed by atoms with Gasteiger partial charge in [-0.3, -0.25) is 14.1 Å². The zero-order chi connectivity index (χ0) is 31.3. The minimum Gasteiger partial charge on any atom is -0.494 e. The van der Waals surface area contributed by atoms with Gasteiger partial charge in [-0.2, -0.15) is 4.98 Å². The second-order valence-electron chi connectivity index (χ2n) is 11.2. The molecule has 3 N–H and O–H groups in total. The first kappa shape index (κ1) is 32.2. The Balaban J connectivity index is 1.35. The van der Waals surface area contributed by atoms with E-state index in [0.29, 0.717) is 34.2 Å². The molecule has 0 bridgehead atoms. The maximum atomic E-state index is 12.4. The van der Waals surface area contributed by atoms with Gasteiger partial charge in [0.05, 0.1) is 43.2 Å². The number of methoxy groups -OCH3 is 1. The van der Waals surface area contributed by atoms with Crippen LogP contribution in [-0.4, -0.2) is 98.6 Å². The van der Waals surface area contributed by atoms with Gasteiger partial charge in [0.1, 0.15) is 10.8 Å². The van der Waals surface area contributed by atoms with E-state index in [-0.39, 0.29) is 13.2 Å². The average Bonchev–Trinajstić information content (AvgIpc) is 3.23. The van der Waals surface area contributed by atoms with Gasteiger partial charge in [0.2, 0.25) is 16.0 Å². The van der Waals surface area contributed by atoms with Gasteiger partial charge in [-0.25, -0.2) is 13.4 Å². The molecule has 2 aromatic carbocycles. The number of hydrogen-bond donors (Lipinski definition) is 3. The van der Waals surface area contributed by atoms with Crippen LogP contribution < -0.4 is 19.7 Å². The first-order valence-corrected chi connectivity index (χ1v) is 17.3. The number of fused-ring (bicyclic) bond motifs is 1. The molecule has 2 heterocycles. The summed E-state index contributed by atoms with van der Waals surface area (Å²) in [7, 11) is -1.79. The average molecular weight is 644 g/mol. The number of nitrogens with one attached hydrogen (secondary N) is 2. The normalized spacial score (nSPS) is 17.9. The van der Waals surface area contributed by atoms with Crippen LogP contribution in [0.2, 0.25) is 5.02 Å². The van der Waals surface area contributed by atoms with Crippen molar-refractivity contribution in [2.75, 3.05) is 74.2 Å². The summed E-state index contributed by atoms with van der Waals surface area (Å²) in [5.74, 6) is 1.47. The molecule has 1 fully saturated rings. The number of aromatic nitrogens is 2. The molecular weight excluding hydrogens is 602 g/mol. The van der Waals surface area contributed by atoms with Gasteiger partial charge >= 0.3 is 0 Å². The standard InChI is InChI=1S/C31H42ClN7O4S/c1-4-39(44(3,41)42)28-11-6-5-10-26(28)34-30-25(32)21-33-31(36-30)35-27-13-12-22-20-23(8-7-9-24(22)29(27)43-2)38-16-14-37(15-17-38)18-19-40/h5-6,10-13,21,23,40H,4,7-9,14-20H2,1-3H3,(H2,33,34,35,36). The van der Waals surface area contributed by atoms with Crippen molar-refractivity contribution in [1.82, 2.24) is 19.8 Å². The molecule has 1 aliphatic carbocycles. The number of aliphatic hydroxyl groups excluding tert-OH is 1. The van der Waals surface area contributed by atoms with E-state index >= 15 is 0 Å². The van der Waals surface area contributed by atoms with Crippen LogP contribution in [0, 0.1) is 0 Å². The van der Waals surface area contributed by atoms with Crippen molar-refractivity contribution < 1.29 is 18.3 Å². The number of β-amino-alcohol motifs (C(OH)–C–C–N with tert-alkyl or cyclic N) is 1. The van der Waals surface area contributed by atoms with E-state index in [2.05, 4.69) is 36.5 Å². The summed E-state index contributed by atoms with van der Waals surface area (Å²) in [6, 6.07) is 11.8. The molecule has 3 aromatic rings. The number of para-hydroxylation sites is 2. The molecule has 44 heavy (non-hydrogen) atoms. The lowest BCUT2D eigenvalue weighted by Gasteiger charge is -2.39. The van der Waals surface area contributed by atoms with Gasteiger partial charge in [-0.05, 0) is 61.9 Å². The Bertz CT molecular complexity index is 1550. The molecule has 0 spiro atoms. The molecule has 13 heteroatoms. The maximum absolute atomic E-state index is 12.4. The molecule has 238 valence electrons. The Kier molecular flexibility index (Phi) is 10.5. The van der Waals surface area contributed by atoms with Crippen molar-refractivity contribution in [3.8, 4) is 5.75 Å². The number of hydrogen-bond acceptors (Lipinski definition) is 10. The topological polar surface area (TPSA) is 123 Å². The van der Waals surface area contributed by atoms with E-state index in [1.54, 1.807) is 32.2 Å². The summed E-state index contributed by atoms with van der Waals surface area (Å²) < 4.78 is 32.1. The molecule has 5 rings (SSSR count). The molecule has 0 radical (unpaired) electrons. The molecule has 1 unspecified atom stereocenters. The van der Waals surface area contributed by atoms with E-state index in [0.717, 1.165) is 69.8 Å². The minimum absolute atomic E-state index is 0.211. The fourth-order valence-corrected chi connectivity index (χ4v) is 7.41. The number of benzene rings is 2. The largest absolute Gasteiger partial charge is 0.494 e. The highest BCUT2D eigenvalue weighted by molar-refractivity contribution is 7.92. The lowest BCUT2D eigenvalue weighted by atomic mass is 9.98. The zero-order valence-electron chi connectivity index (χ0n) is 25.6. The first-order chi connectivity index (χ1) is 21.2. The van der Waals surface area contributed by atoms with E-state index in [1.807, 2.05) is 12.1 Å². The lowest BCUT2D eigenvalue weighted by molar-refractivity contribution is 0.0805. The number of sulfonamides is 1. The molecule has 1 aromatic heterocycles. The first-order valence-electron chi connectivity index (χ1n) is 15.1. The molecule has 1 saturated heterocycles. The van der Waals surface area contributed by atoms with E-state index < -0.39 is 10.0 Å². The van der Waals surface area contributed by atoms with Crippen molar-refractivity contribution >= 4 is 50.5 Å². The third-order valence-corrected chi connectivity index (χ3v) is 9.96. The summed E-state index contributed by atoms with van der Waals surface area (Å²) in [4.78, 5) is 14.0. The number of aliphatic hydroxyl groups is 1. The van der Waals surface area contributed by atoms with Crippen LogP contribution in [0.5, 0.6) is 5.75 Å². The Morgan fingerprint density at radius 2 is 1.89 bits per heavy atom. The highest BCUT2D eigenvalue weighted by atomic mass is 35.5. The Labute approximate surface area is 265 Å². The Morgan fingerprint density at radius 3 is 2.59 bits per heavy atom. The van der Waals surface area contributed by atoms with Gasteiger partial charge in [-0.15, -0.1) is 0 Å². The van der Waals surface area contributed by atoms with Gasteiger partial charge in [0, 0.05) is 45.3 Å². The van der Waals surface area contributed by atoms with Crippen molar-refractivity contribution in [2.24, 2.45) is 0 Å². The molecule has 0 amide bonds. The van der Waals surface area contributed by atoms with Crippen molar-refractivity contribution in [2.45, 2.75) is 38.6 Å². The van der Waals surface area contributed by atoms with Crippen LogP contribution in [0.25, 0.3) is 0 Å². The van der Waals surface area contributed by atoms with Crippen molar-refractivity contribution in [1.29, 1.82) is 0 Å². The highest BCUT2D eigenvalue weighted by Gasteiger charge is 2.28. The Hall–Kier alpha value is -3.16. The van der Waals surface area contributed by atoms with Gasteiger partial charge in [0.25, 0.3) is 0 Å². The molecule has 1 aliphatic heterocycles. The lowest BCUT2D eigenvalue weighted by Crippen LogP contribution is -2.51. The van der Waals surface area contributed by atoms with Gasteiger partial charge in [0.15, 0.2) is 5.82 Å². The predicted octanol–water partition coefficient (Wildman–Crippen LogP) is 4.27. The SMILES string of the molecule is CCN(c1ccccc1Nc1nc(Nc2ccc3c(c2OC)CCCC(N2CCN(CCO)CC2)C3)ncc1Cl)S(C)(=O)=O. The number of anilines is 5. The van der Waals surface area contributed by atoms with Crippen LogP contribution in [-0.2, 0) is 22.9 Å². The van der Waals surface area contributed by atoms with E-state index in [4.69, 9.17) is 16.3 Å². The number of ether oxygens (including phenoxy) is 1. The van der Waals surface area contributed by atoms with E-state index in [1.165, 1.54) is 27.9 Å². The molecular formula is C31H42ClN7O4S. The van der Waals surface area contributed by atoms with Gasteiger partial charge in [-0.1, -0.05) is 29.8 Å². The summed E-state index contributed by atoms with van der Waals surface area (Å²) in [5.41, 5.74) is 4.33. The summed E-state index contributed by atoms with van der Waals surface area (Å²) in [6.45, 7) is 7.06. The number of nitrogens with zero attached hydrogens (tertiary/aromatic N) is 5. The van der Waals surface area contributed by atoms with Crippen molar-refractivity contribution in [3.05, 3.63) is 58.7 Å². The summed E-state index contributed by atoms with van der Waals surface area (Å²) in [5, 5.41) is 16.1. The highest BCUT2D eigenvalue weighted by Crippen LogP contribution is 2.38. The maximum Gasteiger partial charge on any atom is 0.232 e. The van der Waals surface area contributed by atoms with Crippen molar-refractivity contribution in [3.63, 3.8) is 0 Å². The predicted molar refractivity (Wildman–Crippen MR) is 176 cm³/mol. The number of piperazine rings is 1. The Morgan fingerprint density at radius 1 is 1.11 bits per heavy atom. The number of rotatable bonds is 11. The van der Waals surface area contributed by atoms with Crippen LogP contribution in [0.15, 0.2) is 42.6 Å². The fraction of sp³-hybridized carbons (Fsp3) is 0.484. The minimum atomic E-state index is -3.49. The third kappa shape index (κ3) is 7.37. The van der Waals surface area contributed by atoms with Crippen LogP contribution in [0.4, 0.5) is 28.8 Å². The quantitative estimate of drug-likeness (QED) is 0.261. The molecule has 0 saturated carbocycles. The second-order valence-corrected chi connectivity index (χ2v) is 13.5. The second kappa shape index (κ2) is 14.3. The van der Waals surface area contributed by atoms with Crippen LogP contribution in [0.1, 0.15) is 30.9 Å². The number of halogens is 1. The summed E-state index contributed by atoms with van der Waals surface area (Å²) in [6.07, 6.45) is 6.79. The molecule has 1 atom stereocenters. The van der Waals surface area contributed by atoms with Crippen LogP contribution in [0.3, 0.4) is 0 Å². The third-order valence-electron chi connectivity index (χ3n) is 8.42.